The number of anilines is 1. The van der Waals surface area contributed by atoms with Gasteiger partial charge in [0.25, 0.3) is 0 Å². The first-order valence-corrected chi connectivity index (χ1v) is 6.61. The van der Waals surface area contributed by atoms with Crippen molar-refractivity contribution in [3.05, 3.63) is 45.6 Å². The molecule has 1 aromatic heterocycles. The lowest BCUT2D eigenvalue weighted by Gasteiger charge is -2.10. The third-order valence-corrected chi connectivity index (χ3v) is 2.94. The molecule has 0 unspecified atom stereocenters. The number of aromatic nitrogens is 2. The molecule has 0 aliphatic carbocycles. The summed E-state index contributed by atoms with van der Waals surface area (Å²) in [6.45, 7) is 5.87. The molecule has 2 rings (SSSR count). The summed E-state index contributed by atoms with van der Waals surface area (Å²) in [4.78, 5) is 10.4. The molecule has 0 fully saturated rings. The minimum absolute atomic E-state index is 0.0695. The van der Waals surface area contributed by atoms with E-state index in [1.165, 1.54) is 4.68 Å². The normalized spacial score (nSPS) is 10.9. The van der Waals surface area contributed by atoms with E-state index in [2.05, 4.69) is 5.10 Å². The van der Waals surface area contributed by atoms with Crippen molar-refractivity contribution in [2.75, 3.05) is 5.73 Å². The zero-order chi connectivity index (χ0) is 15.6. The van der Waals surface area contributed by atoms with Gasteiger partial charge in [0, 0.05) is 0 Å². The Morgan fingerprint density at radius 3 is 2.48 bits per heavy atom. The van der Waals surface area contributed by atoms with Gasteiger partial charge in [0.1, 0.15) is 11.4 Å². The largest absolute Gasteiger partial charge is 0.491 e. The average molecular weight is 290 g/mol. The van der Waals surface area contributed by atoms with Crippen molar-refractivity contribution >= 4 is 11.5 Å². The van der Waals surface area contributed by atoms with E-state index in [0.717, 1.165) is 11.3 Å². The van der Waals surface area contributed by atoms with Gasteiger partial charge in [0.15, 0.2) is 0 Å². The van der Waals surface area contributed by atoms with E-state index < -0.39 is 4.92 Å². The van der Waals surface area contributed by atoms with Gasteiger partial charge in [-0.15, -0.1) is 0 Å². The van der Waals surface area contributed by atoms with Crippen LogP contribution >= 0.6 is 0 Å². The molecule has 1 heterocycles. The molecule has 112 valence electrons. The Morgan fingerprint density at radius 2 is 2.00 bits per heavy atom. The zero-order valence-corrected chi connectivity index (χ0v) is 12.2. The van der Waals surface area contributed by atoms with E-state index in [-0.39, 0.29) is 17.6 Å². The highest BCUT2D eigenvalue weighted by Crippen LogP contribution is 2.26. The van der Waals surface area contributed by atoms with Crippen molar-refractivity contribution < 1.29 is 9.66 Å². The van der Waals surface area contributed by atoms with Gasteiger partial charge in [0.05, 0.1) is 17.6 Å². The summed E-state index contributed by atoms with van der Waals surface area (Å²) in [5.74, 6) is 0.851. The number of hydrogen-bond acceptors (Lipinski definition) is 5. The summed E-state index contributed by atoms with van der Waals surface area (Å²) in [6.07, 6.45) is 0.114. The first-order chi connectivity index (χ1) is 9.88. The van der Waals surface area contributed by atoms with Gasteiger partial charge in [0.2, 0.25) is 5.82 Å². The number of nitrogens with zero attached hydrogens (tertiary/aromatic N) is 3. The standard InChI is InChI=1S/C14H18N4O3/c1-9(2)21-12-6-4-11(5-7-12)8-17-14(15)13(18(19)20)10(3)16-17/h4-7,9H,8,15H2,1-3H3. The van der Waals surface area contributed by atoms with Gasteiger partial charge >= 0.3 is 5.69 Å². The zero-order valence-electron chi connectivity index (χ0n) is 12.2. The summed E-state index contributed by atoms with van der Waals surface area (Å²) in [7, 11) is 0. The van der Waals surface area contributed by atoms with Gasteiger partial charge in [-0.05, 0) is 38.5 Å². The van der Waals surface area contributed by atoms with Crippen LogP contribution in [0.3, 0.4) is 0 Å². The molecule has 21 heavy (non-hydrogen) atoms. The number of nitrogens with two attached hydrogens (primary N) is 1. The molecule has 1 aromatic carbocycles. The number of nitrogen functional groups attached to an aromatic ring is 1. The lowest BCUT2D eigenvalue weighted by atomic mass is 10.2. The molecule has 2 aromatic rings. The van der Waals surface area contributed by atoms with Crippen LogP contribution in [0.25, 0.3) is 0 Å². The Balaban J connectivity index is 2.19. The summed E-state index contributed by atoms with van der Waals surface area (Å²) >= 11 is 0. The van der Waals surface area contributed by atoms with Crippen LogP contribution in [0.5, 0.6) is 5.75 Å². The maximum atomic E-state index is 10.9. The second kappa shape index (κ2) is 5.82. The lowest BCUT2D eigenvalue weighted by Crippen LogP contribution is -2.07. The van der Waals surface area contributed by atoms with Gasteiger partial charge in [-0.3, -0.25) is 10.1 Å². The number of aryl methyl sites for hydroxylation is 1. The minimum atomic E-state index is -0.506. The van der Waals surface area contributed by atoms with E-state index in [0.29, 0.717) is 12.2 Å². The summed E-state index contributed by atoms with van der Waals surface area (Å²) in [5, 5.41) is 15.0. The molecule has 0 bridgehead atoms. The minimum Gasteiger partial charge on any atom is -0.491 e. The van der Waals surface area contributed by atoms with E-state index >= 15 is 0 Å². The van der Waals surface area contributed by atoms with Crippen LogP contribution in [0.2, 0.25) is 0 Å². The number of ether oxygens (including phenoxy) is 1. The third-order valence-electron chi connectivity index (χ3n) is 2.94. The first kappa shape index (κ1) is 14.8. The van der Waals surface area contributed by atoms with Crippen molar-refractivity contribution in [3.63, 3.8) is 0 Å². The van der Waals surface area contributed by atoms with E-state index in [1.54, 1.807) is 6.92 Å². The molecule has 7 nitrogen and oxygen atoms in total. The second-order valence-corrected chi connectivity index (χ2v) is 5.04. The Bertz CT molecular complexity index is 647. The van der Waals surface area contributed by atoms with Crippen molar-refractivity contribution in [1.82, 2.24) is 9.78 Å². The Kier molecular flexibility index (Phi) is 4.11. The highest BCUT2D eigenvalue weighted by atomic mass is 16.6. The molecule has 0 amide bonds. The van der Waals surface area contributed by atoms with Gasteiger partial charge in [-0.25, -0.2) is 4.68 Å². The van der Waals surface area contributed by atoms with Crippen LogP contribution in [0, 0.1) is 17.0 Å². The Morgan fingerprint density at radius 1 is 1.38 bits per heavy atom. The smallest absolute Gasteiger partial charge is 0.333 e. The predicted molar refractivity (Wildman–Crippen MR) is 79.3 cm³/mol. The molecule has 0 saturated heterocycles. The third kappa shape index (κ3) is 3.31. The molecular formula is C14H18N4O3. The SMILES string of the molecule is Cc1nn(Cc2ccc(OC(C)C)cc2)c(N)c1[N+](=O)[O-]. The monoisotopic (exact) mass is 290 g/mol. The fraction of sp³-hybridized carbons (Fsp3) is 0.357. The molecule has 0 radical (unpaired) electrons. The van der Waals surface area contributed by atoms with Gasteiger partial charge in [-0.1, -0.05) is 12.1 Å². The number of rotatable bonds is 5. The van der Waals surface area contributed by atoms with E-state index in [9.17, 15) is 10.1 Å². The van der Waals surface area contributed by atoms with E-state index in [1.807, 2.05) is 38.1 Å². The fourth-order valence-corrected chi connectivity index (χ4v) is 2.05. The summed E-state index contributed by atoms with van der Waals surface area (Å²) < 4.78 is 7.00. The molecule has 0 aliphatic rings. The molecule has 0 atom stereocenters. The van der Waals surface area contributed by atoms with Crippen LogP contribution in [0.1, 0.15) is 25.1 Å². The lowest BCUT2D eigenvalue weighted by molar-refractivity contribution is -0.384. The predicted octanol–water partition coefficient (Wildman–Crippen LogP) is 2.52. The number of hydrogen-bond donors (Lipinski definition) is 1. The summed E-state index contributed by atoms with van der Waals surface area (Å²) in [6, 6.07) is 7.49. The van der Waals surface area contributed by atoms with E-state index in [4.69, 9.17) is 10.5 Å². The van der Waals surface area contributed by atoms with Crippen molar-refractivity contribution in [1.29, 1.82) is 0 Å². The topological polar surface area (TPSA) is 96.2 Å². The molecular weight excluding hydrogens is 272 g/mol. The van der Waals surface area contributed by atoms with Crippen molar-refractivity contribution in [3.8, 4) is 5.75 Å². The van der Waals surface area contributed by atoms with Crippen LogP contribution in [-0.2, 0) is 6.54 Å². The first-order valence-electron chi connectivity index (χ1n) is 6.61. The fourth-order valence-electron chi connectivity index (χ4n) is 2.05. The molecule has 2 N–H and O–H groups in total. The highest BCUT2D eigenvalue weighted by Gasteiger charge is 2.22. The quantitative estimate of drug-likeness (QED) is 0.674. The number of benzene rings is 1. The number of nitro groups is 1. The Hall–Kier alpha value is -2.57. The maximum absolute atomic E-state index is 10.9. The maximum Gasteiger partial charge on any atom is 0.333 e. The highest BCUT2D eigenvalue weighted by molar-refractivity contribution is 5.56. The second-order valence-electron chi connectivity index (χ2n) is 5.04. The van der Waals surface area contributed by atoms with Crippen molar-refractivity contribution in [2.24, 2.45) is 0 Å². The van der Waals surface area contributed by atoms with Gasteiger partial charge in [-0.2, -0.15) is 5.10 Å². The van der Waals surface area contributed by atoms with Crippen LogP contribution in [0.4, 0.5) is 11.5 Å². The van der Waals surface area contributed by atoms with Crippen LogP contribution < -0.4 is 10.5 Å². The summed E-state index contributed by atoms with van der Waals surface area (Å²) in [5.41, 5.74) is 6.91. The molecule has 0 saturated carbocycles. The molecule has 0 aliphatic heterocycles. The Labute approximate surface area is 122 Å². The van der Waals surface area contributed by atoms with Gasteiger partial charge < -0.3 is 10.5 Å². The van der Waals surface area contributed by atoms with Crippen molar-refractivity contribution in [2.45, 2.75) is 33.4 Å². The van der Waals surface area contributed by atoms with Crippen LogP contribution in [0.15, 0.2) is 24.3 Å². The average Bonchev–Trinajstić information content (AvgIpc) is 2.66. The van der Waals surface area contributed by atoms with Crippen LogP contribution in [-0.4, -0.2) is 20.8 Å². The molecule has 0 spiro atoms. The molecule has 7 heteroatoms.